The molecule has 0 saturated carbocycles. The van der Waals surface area contributed by atoms with Gasteiger partial charge in [-0.05, 0) is 49.4 Å². The molecule has 0 spiro atoms. The first-order chi connectivity index (χ1) is 15.7. The number of nitrogens with one attached hydrogen (secondary N) is 1. The number of ether oxygens (including phenoxy) is 1. The number of aryl methyl sites for hydroxylation is 1. The van der Waals surface area contributed by atoms with Crippen molar-refractivity contribution in [3.8, 4) is 0 Å². The second kappa shape index (κ2) is 9.79. The molecule has 0 radical (unpaired) electrons. The van der Waals surface area contributed by atoms with Crippen LogP contribution in [0, 0.1) is 5.82 Å². The van der Waals surface area contributed by atoms with E-state index in [1.165, 1.54) is 16.5 Å². The van der Waals surface area contributed by atoms with E-state index in [4.69, 9.17) is 4.74 Å². The molecule has 170 valence electrons. The minimum absolute atomic E-state index is 0.0896. The zero-order chi connectivity index (χ0) is 21.9. The fourth-order valence-corrected chi connectivity index (χ4v) is 5.98. The molecule has 1 N–H and O–H groups in total. The summed E-state index contributed by atoms with van der Waals surface area (Å²) in [4.78, 5) is 22.3. The topological polar surface area (TPSA) is 59.4 Å². The highest BCUT2D eigenvalue weighted by molar-refractivity contribution is 7.18. The van der Waals surface area contributed by atoms with E-state index in [1.54, 1.807) is 28.3 Å². The van der Waals surface area contributed by atoms with Crippen molar-refractivity contribution in [3.63, 3.8) is 0 Å². The molecule has 1 aliphatic heterocycles. The van der Waals surface area contributed by atoms with Crippen LogP contribution in [0.25, 0.3) is 10.2 Å². The van der Waals surface area contributed by atoms with Crippen LogP contribution in [0.2, 0.25) is 0 Å². The molecule has 6 nitrogen and oxygen atoms in total. The molecule has 1 fully saturated rings. The van der Waals surface area contributed by atoms with Gasteiger partial charge in [-0.2, -0.15) is 0 Å². The number of benzene rings is 1. The van der Waals surface area contributed by atoms with Gasteiger partial charge < -0.3 is 10.1 Å². The smallest absolute Gasteiger partial charge is 0.262 e. The van der Waals surface area contributed by atoms with Gasteiger partial charge in [-0.3, -0.25) is 14.3 Å². The Morgan fingerprint density at radius 2 is 2.06 bits per heavy atom. The summed E-state index contributed by atoms with van der Waals surface area (Å²) in [5.74, 6) is -0.138. The third-order valence-electron chi connectivity index (χ3n) is 6.58. The Bertz CT molecular complexity index is 1140. The SMILES string of the molecule is O=c1c2c3c(sc2ncn1CCN1CCOCC1)CC(NCCc1ccccc1F)CC3. The molecule has 8 heteroatoms. The Labute approximate surface area is 191 Å². The molecular formula is C24H29FN4O2S. The van der Waals surface area contributed by atoms with E-state index < -0.39 is 0 Å². The Morgan fingerprint density at radius 3 is 2.91 bits per heavy atom. The Kier molecular flexibility index (Phi) is 6.64. The summed E-state index contributed by atoms with van der Waals surface area (Å²) in [5, 5.41) is 4.40. The first-order valence-electron chi connectivity index (χ1n) is 11.5. The lowest BCUT2D eigenvalue weighted by Gasteiger charge is -2.26. The molecule has 5 rings (SSSR count). The largest absolute Gasteiger partial charge is 0.379 e. The van der Waals surface area contributed by atoms with Crippen molar-refractivity contribution in [2.45, 2.75) is 38.3 Å². The summed E-state index contributed by atoms with van der Waals surface area (Å²) >= 11 is 1.65. The van der Waals surface area contributed by atoms with E-state index in [0.717, 1.165) is 74.4 Å². The summed E-state index contributed by atoms with van der Waals surface area (Å²) in [6.07, 6.45) is 5.16. The third kappa shape index (κ3) is 4.64. The van der Waals surface area contributed by atoms with E-state index >= 15 is 0 Å². The minimum atomic E-state index is -0.138. The highest BCUT2D eigenvalue weighted by atomic mass is 32.1. The standard InChI is InChI=1S/C24H29FN4O2S/c25-20-4-2-1-3-17(20)7-8-26-18-5-6-19-21(15-18)32-23-22(19)24(30)29(16-27-23)10-9-28-11-13-31-14-12-28/h1-4,16,18,26H,5-15H2. The van der Waals surface area contributed by atoms with Crippen LogP contribution in [0.4, 0.5) is 4.39 Å². The third-order valence-corrected chi connectivity index (χ3v) is 7.74. The van der Waals surface area contributed by atoms with Crippen molar-refractivity contribution in [2.24, 2.45) is 0 Å². The Hall–Kier alpha value is -2.13. The minimum Gasteiger partial charge on any atom is -0.379 e. The fourth-order valence-electron chi connectivity index (χ4n) is 4.72. The Morgan fingerprint density at radius 1 is 1.22 bits per heavy atom. The number of hydrogen-bond acceptors (Lipinski definition) is 6. The molecule has 1 aromatic carbocycles. The van der Waals surface area contributed by atoms with Crippen LogP contribution in [0.1, 0.15) is 22.4 Å². The van der Waals surface area contributed by atoms with Crippen LogP contribution < -0.4 is 10.9 Å². The maximum atomic E-state index is 13.8. The van der Waals surface area contributed by atoms with E-state index in [0.29, 0.717) is 19.0 Å². The molecular weight excluding hydrogens is 427 g/mol. The van der Waals surface area contributed by atoms with Gasteiger partial charge in [0.15, 0.2) is 0 Å². The van der Waals surface area contributed by atoms with Crippen LogP contribution >= 0.6 is 11.3 Å². The van der Waals surface area contributed by atoms with Gasteiger partial charge in [-0.15, -0.1) is 11.3 Å². The van der Waals surface area contributed by atoms with Gasteiger partial charge in [-0.25, -0.2) is 9.37 Å². The second-order valence-electron chi connectivity index (χ2n) is 8.62. The molecule has 1 saturated heterocycles. The lowest BCUT2D eigenvalue weighted by Crippen LogP contribution is -2.39. The van der Waals surface area contributed by atoms with Crippen LogP contribution in [0.5, 0.6) is 0 Å². The van der Waals surface area contributed by atoms with Gasteiger partial charge >= 0.3 is 0 Å². The van der Waals surface area contributed by atoms with Gasteiger partial charge in [0.1, 0.15) is 10.6 Å². The molecule has 0 bridgehead atoms. The number of thiophene rings is 1. The summed E-state index contributed by atoms with van der Waals surface area (Å²) < 4.78 is 21.0. The number of hydrogen-bond donors (Lipinski definition) is 1. The first-order valence-corrected chi connectivity index (χ1v) is 12.3. The molecule has 1 atom stereocenters. The molecule has 3 heterocycles. The average molecular weight is 457 g/mol. The van der Waals surface area contributed by atoms with Crippen molar-refractivity contribution in [1.82, 2.24) is 19.8 Å². The van der Waals surface area contributed by atoms with E-state index in [2.05, 4.69) is 15.2 Å². The van der Waals surface area contributed by atoms with Crippen molar-refractivity contribution >= 4 is 21.6 Å². The highest BCUT2D eigenvalue weighted by Crippen LogP contribution is 2.33. The maximum absolute atomic E-state index is 13.8. The van der Waals surface area contributed by atoms with Crippen molar-refractivity contribution in [2.75, 3.05) is 39.4 Å². The van der Waals surface area contributed by atoms with Gasteiger partial charge in [0.2, 0.25) is 0 Å². The molecule has 2 aromatic heterocycles. The second-order valence-corrected chi connectivity index (χ2v) is 9.70. The molecule has 32 heavy (non-hydrogen) atoms. The normalized spacial score (nSPS) is 19.3. The van der Waals surface area contributed by atoms with E-state index in [-0.39, 0.29) is 11.4 Å². The van der Waals surface area contributed by atoms with Gasteiger partial charge in [0.05, 0.1) is 24.9 Å². The fraction of sp³-hybridized carbons (Fsp3) is 0.500. The highest BCUT2D eigenvalue weighted by Gasteiger charge is 2.25. The van der Waals surface area contributed by atoms with E-state index in [9.17, 15) is 9.18 Å². The van der Waals surface area contributed by atoms with Gasteiger partial charge in [0, 0.05) is 37.1 Å². The molecule has 0 amide bonds. The predicted octanol–water partition coefficient (Wildman–Crippen LogP) is 2.62. The van der Waals surface area contributed by atoms with Crippen LogP contribution in [0.15, 0.2) is 35.4 Å². The summed E-state index contributed by atoms with van der Waals surface area (Å²) in [6.45, 7) is 5.62. The van der Waals surface area contributed by atoms with Crippen molar-refractivity contribution in [1.29, 1.82) is 0 Å². The number of rotatable bonds is 7. The van der Waals surface area contributed by atoms with Crippen molar-refractivity contribution in [3.05, 3.63) is 62.8 Å². The molecule has 1 aliphatic carbocycles. The summed E-state index contributed by atoms with van der Waals surface area (Å²) in [5.41, 5.74) is 2.03. The Balaban J connectivity index is 1.24. The van der Waals surface area contributed by atoms with E-state index in [1.807, 2.05) is 12.1 Å². The number of morpholine rings is 1. The summed E-state index contributed by atoms with van der Waals surface area (Å²) in [7, 11) is 0. The quantitative estimate of drug-likeness (QED) is 0.592. The van der Waals surface area contributed by atoms with Gasteiger partial charge in [-0.1, -0.05) is 18.2 Å². The first kappa shape index (κ1) is 21.7. The predicted molar refractivity (Wildman–Crippen MR) is 125 cm³/mol. The number of aromatic nitrogens is 2. The van der Waals surface area contributed by atoms with Crippen molar-refractivity contribution < 1.29 is 9.13 Å². The maximum Gasteiger partial charge on any atom is 0.262 e. The average Bonchev–Trinajstić information content (AvgIpc) is 3.19. The molecule has 3 aromatic rings. The lowest BCUT2D eigenvalue weighted by atomic mass is 9.93. The zero-order valence-corrected chi connectivity index (χ0v) is 19.0. The number of halogens is 1. The van der Waals surface area contributed by atoms with Crippen LogP contribution in [0.3, 0.4) is 0 Å². The zero-order valence-electron chi connectivity index (χ0n) is 18.2. The lowest BCUT2D eigenvalue weighted by molar-refractivity contribution is 0.0362. The molecule has 2 aliphatic rings. The number of nitrogens with zero attached hydrogens (tertiary/aromatic N) is 3. The monoisotopic (exact) mass is 456 g/mol. The molecule has 1 unspecified atom stereocenters. The van der Waals surface area contributed by atoms with Crippen LogP contribution in [-0.2, 0) is 30.5 Å². The van der Waals surface area contributed by atoms with Gasteiger partial charge in [0.25, 0.3) is 5.56 Å². The number of fused-ring (bicyclic) bond motifs is 3. The summed E-state index contributed by atoms with van der Waals surface area (Å²) in [6, 6.07) is 7.31. The van der Waals surface area contributed by atoms with Crippen LogP contribution in [-0.4, -0.2) is 59.9 Å².